The lowest BCUT2D eigenvalue weighted by Gasteiger charge is -2.10. The molecule has 1 atom stereocenters. The first-order valence-corrected chi connectivity index (χ1v) is 6.33. The molecule has 0 saturated heterocycles. The highest BCUT2D eigenvalue weighted by Crippen LogP contribution is 2.12. The van der Waals surface area contributed by atoms with Crippen molar-refractivity contribution in [3.8, 4) is 0 Å². The molecule has 0 aromatic heterocycles. The number of aliphatic carboxylic acids is 1. The molecule has 1 aromatic rings. The predicted molar refractivity (Wildman–Crippen MR) is 76.6 cm³/mol. The summed E-state index contributed by atoms with van der Waals surface area (Å²) in [5.41, 5.74) is 0.646. The van der Waals surface area contributed by atoms with Crippen molar-refractivity contribution in [2.24, 2.45) is 0 Å². The number of non-ortho nitro benzene ring substituents is 1. The Hall–Kier alpha value is -2.70. The number of nitrogens with one attached hydrogen (secondary N) is 1. The number of nitrogens with zero attached hydrogens (tertiary/aromatic N) is 1. The average Bonchev–Trinajstić information content (AvgIpc) is 2.43. The Morgan fingerprint density at radius 1 is 1.38 bits per heavy atom. The van der Waals surface area contributed by atoms with E-state index < -0.39 is 10.9 Å². The first kappa shape index (κ1) is 16.4. The molecule has 7 nitrogen and oxygen atoms in total. The summed E-state index contributed by atoms with van der Waals surface area (Å²) < 4.78 is 0. The minimum absolute atomic E-state index is 0.00643. The predicted octanol–water partition coefficient (Wildman–Crippen LogP) is 1.98. The molecule has 0 radical (unpaired) electrons. The topological polar surface area (TPSA) is 110 Å². The zero-order chi connectivity index (χ0) is 15.8. The smallest absolute Gasteiger partial charge is 0.303 e. The number of nitro benzene ring substituents is 1. The molecule has 0 bridgehead atoms. The largest absolute Gasteiger partial charge is 0.481 e. The van der Waals surface area contributed by atoms with Gasteiger partial charge in [-0.15, -0.1) is 0 Å². The third kappa shape index (κ3) is 6.33. The maximum Gasteiger partial charge on any atom is 0.303 e. The maximum atomic E-state index is 11.6. The second kappa shape index (κ2) is 7.78. The van der Waals surface area contributed by atoms with Gasteiger partial charge < -0.3 is 10.4 Å². The van der Waals surface area contributed by atoms with Crippen LogP contribution in [0.5, 0.6) is 0 Å². The van der Waals surface area contributed by atoms with Crippen molar-refractivity contribution in [2.45, 2.75) is 25.8 Å². The van der Waals surface area contributed by atoms with Crippen molar-refractivity contribution in [2.75, 3.05) is 0 Å². The van der Waals surface area contributed by atoms with Gasteiger partial charge in [-0.3, -0.25) is 19.7 Å². The molecule has 21 heavy (non-hydrogen) atoms. The van der Waals surface area contributed by atoms with Gasteiger partial charge in [0.05, 0.1) is 4.92 Å². The van der Waals surface area contributed by atoms with E-state index in [1.54, 1.807) is 6.92 Å². The zero-order valence-electron chi connectivity index (χ0n) is 11.5. The molecule has 1 aromatic carbocycles. The molecule has 0 aliphatic carbocycles. The van der Waals surface area contributed by atoms with Crippen LogP contribution < -0.4 is 5.32 Å². The molecule has 7 heteroatoms. The Morgan fingerprint density at radius 3 is 2.52 bits per heavy atom. The number of carbonyl (C=O) groups is 2. The van der Waals surface area contributed by atoms with E-state index in [0.29, 0.717) is 12.0 Å². The van der Waals surface area contributed by atoms with Crippen LogP contribution in [0.1, 0.15) is 25.3 Å². The standard InChI is InChI=1S/C14H16N2O5/c1-10(2-9-14(18)19)15-13(17)8-5-11-3-6-12(7-4-11)16(20)21/h3-8,10H,2,9H2,1H3,(H,15,17)(H,18,19). The Balaban J connectivity index is 2.49. The van der Waals surface area contributed by atoms with Gasteiger partial charge >= 0.3 is 5.97 Å². The number of carbonyl (C=O) groups excluding carboxylic acids is 1. The number of rotatable bonds is 7. The Bertz CT molecular complexity index is 551. The SMILES string of the molecule is CC(CCC(=O)O)NC(=O)C=Cc1ccc([N+](=O)[O-])cc1. The lowest BCUT2D eigenvalue weighted by Crippen LogP contribution is -2.31. The van der Waals surface area contributed by atoms with E-state index in [4.69, 9.17) is 5.11 Å². The minimum Gasteiger partial charge on any atom is -0.481 e. The van der Waals surface area contributed by atoms with Crippen LogP contribution in [0.4, 0.5) is 5.69 Å². The number of benzene rings is 1. The number of hydrogen-bond acceptors (Lipinski definition) is 4. The van der Waals surface area contributed by atoms with E-state index in [2.05, 4.69) is 5.32 Å². The van der Waals surface area contributed by atoms with Crippen LogP contribution >= 0.6 is 0 Å². The zero-order valence-corrected chi connectivity index (χ0v) is 11.5. The van der Waals surface area contributed by atoms with E-state index in [1.165, 1.54) is 36.4 Å². The van der Waals surface area contributed by atoms with E-state index >= 15 is 0 Å². The van der Waals surface area contributed by atoms with Crippen molar-refractivity contribution < 1.29 is 19.6 Å². The van der Waals surface area contributed by atoms with Crippen molar-refractivity contribution >= 4 is 23.6 Å². The summed E-state index contributed by atoms with van der Waals surface area (Å²) in [7, 11) is 0. The molecule has 1 amide bonds. The quantitative estimate of drug-likeness (QED) is 0.453. The average molecular weight is 292 g/mol. The molecule has 1 rings (SSSR count). The molecule has 0 heterocycles. The fraction of sp³-hybridized carbons (Fsp3) is 0.286. The molecule has 0 saturated carbocycles. The van der Waals surface area contributed by atoms with Crippen molar-refractivity contribution in [3.63, 3.8) is 0 Å². The monoisotopic (exact) mass is 292 g/mol. The molecule has 1 unspecified atom stereocenters. The Kier molecular flexibility index (Phi) is 6.06. The fourth-order valence-corrected chi connectivity index (χ4v) is 1.58. The van der Waals surface area contributed by atoms with Crippen molar-refractivity contribution in [3.05, 3.63) is 46.0 Å². The highest BCUT2D eigenvalue weighted by atomic mass is 16.6. The third-order valence-electron chi connectivity index (χ3n) is 2.71. The van der Waals surface area contributed by atoms with Gasteiger partial charge in [-0.25, -0.2) is 0 Å². The summed E-state index contributed by atoms with van der Waals surface area (Å²) in [5.74, 6) is -1.25. The molecule has 2 N–H and O–H groups in total. The number of amides is 1. The van der Waals surface area contributed by atoms with Gasteiger partial charge in [0.25, 0.3) is 5.69 Å². The normalized spacial score (nSPS) is 12.0. The summed E-state index contributed by atoms with van der Waals surface area (Å²) in [4.78, 5) is 32.0. The Labute approximate surface area is 121 Å². The molecule has 0 fully saturated rings. The highest BCUT2D eigenvalue weighted by molar-refractivity contribution is 5.91. The van der Waals surface area contributed by atoms with Crippen LogP contribution in [0.15, 0.2) is 30.3 Å². The van der Waals surface area contributed by atoms with Crippen LogP contribution in [0.2, 0.25) is 0 Å². The summed E-state index contributed by atoms with van der Waals surface area (Å²) in [6.07, 6.45) is 3.18. The lowest BCUT2D eigenvalue weighted by atomic mass is 10.1. The number of carboxylic acid groups (broad SMARTS) is 1. The van der Waals surface area contributed by atoms with Gasteiger partial charge in [-0.05, 0) is 37.1 Å². The summed E-state index contributed by atoms with van der Waals surface area (Å²) in [6, 6.07) is 5.54. The number of hydrogen-bond donors (Lipinski definition) is 2. The molecule has 0 aliphatic heterocycles. The first-order chi connectivity index (χ1) is 9.88. The summed E-state index contributed by atoms with van der Waals surface area (Å²) in [6.45, 7) is 1.72. The van der Waals surface area contributed by atoms with Gasteiger partial charge in [-0.1, -0.05) is 0 Å². The van der Waals surface area contributed by atoms with Crippen molar-refractivity contribution in [1.29, 1.82) is 0 Å². The van der Waals surface area contributed by atoms with Crippen LogP contribution in [0.3, 0.4) is 0 Å². The van der Waals surface area contributed by atoms with E-state index in [9.17, 15) is 19.7 Å². The molecule has 0 spiro atoms. The second-order valence-electron chi connectivity index (χ2n) is 4.52. The number of nitro groups is 1. The van der Waals surface area contributed by atoms with Crippen LogP contribution in [-0.4, -0.2) is 27.9 Å². The molecular weight excluding hydrogens is 276 g/mol. The van der Waals surface area contributed by atoms with Gasteiger partial charge in [0.1, 0.15) is 0 Å². The maximum absolute atomic E-state index is 11.6. The van der Waals surface area contributed by atoms with Gasteiger partial charge in [0.15, 0.2) is 0 Å². The van der Waals surface area contributed by atoms with Crippen LogP contribution in [-0.2, 0) is 9.59 Å². The van der Waals surface area contributed by atoms with Gasteiger partial charge in [-0.2, -0.15) is 0 Å². The second-order valence-corrected chi connectivity index (χ2v) is 4.52. The lowest BCUT2D eigenvalue weighted by molar-refractivity contribution is -0.384. The highest BCUT2D eigenvalue weighted by Gasteiger charge is 2.07. The first-order valence-electron chi connectivity index (χ1n) is 6.33. The van der Waals surface area contributed by atoms with Crippen LogP contribution in [0, 0.1) is 10.1 Å². The summed E-state index contributed by atoms with van der Waals surface area (Å²) >= 11 is 0. The fourth-order valence-electron chi connectivity index (χ4n) is 1.58. The van der Waals surface area contributed by atoms with E-state index in [0.717, 1.165) is 0 Å². The Morgan fingerprint density at radius 2 is 2.00 bits per heavy atom. The molecular formula is C14H16N2O5. The van der Waals surface area contributed by atoms with Gasteiger partial charge in [0, 0.05) is 30.7 Å². The molecule has 112 valence electrons. The summed E-state index contributed by atoms with van der Waals surface area (Å²) in [5, 5.41) is 21.7. The van der Waals surface area contributed by atoms with Gasteiger partial charge in [0.2, 0.25) is 5.91 Å². The van der Waals surface area contributed by atoms with Crippen molar-refractivity contribution in [1.82, 2.24) is 5.32 Å². The van der Waals surface area contributed by atoms with Crippen LogP contribution in [0.25, 0.3) is 6.08 Å². The van der Waals surface area contributed by atoms with E-state index in [1.807, 2.05) is 0 Å². The molecule has 0 aliphatic rings. The third-order valence-corrected chi connectivity index (χ3v) is 2.71. The number of carboxylic acids is 1. The van der Waals surface area contributed by atoms with E-state index in [-0.39, 0.29) is 24.1 Å². The minimum atomic E-state index is -0.905.